The van der Waals surface area contributed by atoms with Gasteiger partial charge in [0.05, 0.1) is 11.9 Å². The van der Waals surface area contributed by atoms with Gasteiger partial charge >= 0.3 is 0 Å². The Kier molecular flexibility index (Phi) is 5.72. The van der Waals surface area contributed by atoms with Crippen LogP contribution in [0.2, 0.25) is 0 Å². The largest absolute Gasteiger partial charge is 0.355 e. The van der Waals surface area contributed by atoms with E-state index >= 15 is 0 Å². The highest BCUT2D eigenvalue weighted by molar-refractivity contribution is 5.98. The van der Waals surface area contributed by atoms with Crippen LogP contribution in [0.5, 0.6) is 0 Å². The van der Waals surface area contributed by atoms with Gasteiger partial charge in [-0.25, -0.2) is 0 Å². The van der Waals surface area contributed by atoms with E-state index in [1.54, 1.807) is 22.8 Å². The summed E-state index contributed by atoms with van der Waals surface area (Å²) in [5, 5.41) is 7.62. The average molecular weight is 383 g/mol. The number of nitrogens with zero attached hydrogens (tertiary/aromatic N) is 5. The third kappa shape index (κ3) is 4.35. The van der Waals surface area contributed by atoms with Gasteiger partial charge in [-0.15, -0.1) is 0 Å². The normalized spacial score (nSPS) is 15.9. The number of guanidine groups is 1. The standard InChI is InChI=1S/C21H30N6O/c1-16-6-8-17(9-7-16)21(2,3)15-23-20(22-4)26-10-11-27(19(28)14-26)18-12-24-25(5)13-18/h6-9,12-13H,10-11,14-15H2,1-5H3,(H,22,23). The second-order valence-electron chi connectivity index (χ2n) is 7.99. The van der Waals surface area contributed by atoms with E-state index in [1.807, 2.05) is 18.1 Å². The minimum atomic E-state index is -0.0504. The maximum absolute atomic E-state index is 12.7. The Labute approximate surface area is 167 Å². The van der Waals surface area contributed by atoms with Gasteiger partial charge in [-0.1, -0.05) is 43.7 Å². The molecule has 7 heteroatoms. The molecule has 1 aromatic heterocycles. The first-order chi connectivity index (χ1) is 13.3. The van der Waals surface area contributed by atoms with Crippen LogP contribution in [-0.4, -0.2) is 59.8 Å². The molecule has 1 amide bonds. The van der Waals surface area contributed by atoms with Crippen molar-refractivity contribution in [3.8, 4) is 0 Å². The molecule has 1 saturated heterocycles. The number of aliphatic imine (C=N–C) groups is 1. The maximum Gasteiger partial charge on any atom is 0.246 e. The molecular formula is C21H30N6O. The molecule has 0 saturated carbocycles. The first-order valence-corrected chi connectivity index (χ1v) is 9.62. The van der Waals surface area contributed by atoms with Crippen molar-refractivity contribution in [2.24, 2.45) is 12.0 Å². The van der Waals surface area contributed by atoms with Crippen molar-refractivity contribution < 1.29 is 4.79 Å². The van der Waals surface area contributed by atoms with Crippen molar-refractivity contribution in [2.45, 2.75) is 26.2 Å². The molecule has 150 valence electrons. The summed E-state index contributed by atoms with van der Waals surface area (Å²) < 4.78 is 1.71. The van der Waals surface area contributed by atoms with Crippen LogP contribution in [0.25, 0.3) is 0 Å². The van der Waals surface area contributed by atoms with E-state index in [0.29, 0.717) is 13.1 Å². The van der Waals surface area contributed by atoms with Crippen molar-refractivity contribution in [2.75, 3.05) is 38.1 Å². The van der Waals surface area contributed by atoms with E-state index < -0.39 is 0 Å². The van der Waals surface area contributed by atoms with Gasteiger partial charge in [0.25, 0.3) is 0 Å². The van der Waals surface area contributed by atoms with E-state index in [4.69, 9.17) is 0 Å². The number of rotatable bonds is 4. The number of aromatic nitrogens is 2. The lowest BCUT2D eigenvalue weighted by molar-refractivity contribution is -0.120. The van der Waals surface area contributed by atoms with E-state index in [0.717, 1.165) is 24.7 Å². The second kappa shape index (κ2) is 8.04. The molecule has 0 aliphatic carbocycles. The Morgan fingerprint density at radius 2 is 1.96 bits per heavy atom. The SMILES string of the molecule is CN=C(NCC(C)(C)c1ccc(C)cc1)N1CCN(c2cnn(C)c2)C(=O)C1. The van der Waals surface area contributed by atoms with Crippen LogP contribution < -0.4 is 10.2 Å². The molecule has 1 N–H and O–H groups in total. The summed E-state index contributed by atoms with van der Waals surface area (Å²) in [6.07, 6.45) is 3.59. The molecule has 1 fully saturated rings. The highest BCUT2D eigenvalue weighted by Crippen LogP contribution is 2.23. The molecule has 3 rings (SSSR count). The van der Waals surface area contributed by atoms with Gasteiger partial charge in [-0.3, -0.25) is 14.5 Å². The van der Waals surface area contributed by atoms with Gasteiger partial charge in [0.2, 0.25) is 5.91 Å². The van der Waals surface area contributed by atoms with Crippen molar-refractivity contribution in [3.05, 3.63) is 47.8 Å². The molecule has 1 aromatic carbocycles. The van der Waals surface area contributed by atoms with Gasteiger partial charge in [0.15, 0.2) is 5.96 Å². The molecule has 1 aliphatic rings. The molecule has 0 spiro atoms. The minimum Gasteiger partial charge on any atom is -0.355 e. The Balaban J connectivity index is 1.61. The molecule has 1 aliphatic heterocycles. The second-order valence-corrected chi connectivity index (χ2v) is 7.99. The zero-order chi connectivity index (χ0) is 20.3. The first kappa shape index (κ1) is 19.9. The zero-order valence-electron chi connectivity index (χ0n) is 17.4. The lowest BCUT2D eigenvalue weighted by atomic mass is 9.84. The number of nitrogens with one attached hydrogen (secondary N) is 1. The van der Waals surface area contributed by atoms with E-state index in [9.17, 15) is 4.79 Å². The predicted molar refractivity (Wildman–Crippen MR) is 113 cm³/mol. The summed E-state index contributed by atoms with van der Waals surface area (Å²) in [5.41, 5.74) is 3.33. The third-order valence-corrected chi connectivity index (χ3v) is 5.26. The van der Waals surface area contributed by atoms with Crippen LogP contribution in [0.4, 0.5) is 5.69 Å². The number of hydrogen-bond acceptors (Lipinski definition) is 3. The Morgan fingerprint density at radius 3 is 2.54 bits per heavy atom. The van der Waals surface area contributed by atoms with Crippen molar-refractivity contribution in [3.63, 3.8) is 0 Å². The van der Waals surface area contributed by atoms with Crippen LogP contribution in [0, 0.1) is 6.92 Å². The molecule has 2 aromatic rings. The fourth-order valence-electron chi connectivity index (χ4n) is 3.41. The molecule has 7 nitrogen and oxygen atoms in total. The van der Waals surface area contributed by atoms with Crippen LogP contribution >= 0.6 is 0 Å². The van der Waals surface area contributed by atoms with E-state index in [1.165, 1.54) is 11.1 Å². The molecule has 28 heavy (non-hydrogen) atoms. The van der Waals surface area contributed by atoms with Gasteiger partial charge in [-0.2, -0.15) is 5.10 Å². The van der Waals surface area contributed by atoms with Crippen LogP contribution in [0.3, 0.4) is 0 Å². The molecule has 0 unspecified atom stereocenters. The number of hydrogen-bond donors (Lipinski definition) is 1. The smallest absolute Gasteiger partial charge is 0.246 e. The topological polar surface area (TPSA) is 65.8 Å². The lowest BCUT2D eigenvalue weighted by Crippen LogP contribution is -2.56. The first-order valence-electron chi connectivity index (χ1n) is 9.62. The molecule has 2 heterocycles. The van der Waals surface area contributed by atoms with Crippen LogP contribution in [-0.2, 0) is 17.3 Å². The monoisotopic (exact) mass is 382 g/mol. The number of benzene rings is 1. The average Bonchev–Trinajstić information content (AvgIpc) is 3.08. The quantitative estimate of drug-likeness (QED) is 0.648. The van der Waals surface area contributed by atoms with Crippen molar-refractivity contribution in [1.82, 2.24) is 20.0 Å². The lowest BCUT2D eigenvalue weighted by Gasteiger charge is -2.36. The highest BCUT2D eigenvalue weighted by atomic mass is 16.2. The molecule has 0 bridgehead atoms. The Morgan fingerprint density at radius 1 is 1.25 bits per heavy atom. The number of amides is 1. The van der Waals surface area contributed by atoms with Gasteiger partial charge in [0, 0.05) is 45.3 Å². The Bertz CT molecular complexity index is 852. The van der Waals surface area contributed by atoms with Crippen LogP contribution in [0.15, 0.2) is 41.7 Å². The van der Waals surface area contributed by atoms with Crippen LogP contribution in [0.1, 0.15) is 25.0 Å². The van der Waals surface area contributed by atoms with Crippen molar-refractivity contribution in [1.29, 1.82) is 0 Å². The van der Waals surface area contributed by atoms with Gasteiger partial charge in [-0.05, 0) is 12.5 Å². The maximum atomic E-state index is 12.7. The fraction of sp³-hybridized carbons (Fsp3) is 0.476. The molecule has 0 radical (unpaired) electrons. The van der Waals surface area contributed by atoms with E-state index in [2.05, 4.69) is 60.4 Å². The molecular weight excluding hydrogens is 352 g/mol. The summed E-state index contributed by atoms with van der Waals surface area (Å²) >= 11 is 0. The summed E-state index contributed by atoms with van der Waals surface area (Å²) in [7, 11) is 3.62. The zero-order valence-corrected chi connectivity index (χ0v) is 17.4. The molecule has 0 atom stereocenters. The summed E-state index contributed by atoms with van der Waals surface area (Å²) in [5.74, 6) is 0.819. The van der Waals surface area contributed by atoms with E-state index in [-0.39, 0.29) is 11.3 Å². The fourth-order valence-corrected chi connectivity index (χ4v) is 3.41. The number of carbonyl (C=O) groups excluding carboxylic acids is 1. The number of aryl methyl sites for hydroxylation is 2. The van der Waals surface area contributed by atoms with Crippen molar-refractivity contribution >= 4 is 17.6 Å². The van der Waals surface area contributed by atoms with Gasteiger partial charge in [0.1, 0.15) is 6.54 Å². The summed E-state index contributed by atoms with van der Waals surface area (Å²) in [4.78, 5) is 20.9. The highest BCUT2D eigenvalue weighted by Gasteiger charge is 2.29. The third-order valence-electron chi connectivity index (χ3n) is 5.26. The number of piperazine rings is 1. The Hall–Kier alpha value is -2.83. The summed E-state index contributed by atoms with van der Waals surface area (Å²) in [6, 6.07) is 8.64. The number of anilines is 1. The number of carbonyl (C=O) groups is 1. The predicted octanol–water partition coefficient (Wildman–Crippen LogP) is 1.93. The van der Waals surface area contributed by atoms with Gasteiger partial charge < -0.3 is 15.1 Å². The minimum absolute atomic E-state index is 0.0504. The summed E-state index contributed by atoms with van der Waals surface area (Å²) in [6.45, 7) is 8.91.